The largest absolute Gasteiger partial charge is 0.449 e. The van der Waals surface area contributed by atoms with Crippen LogP contribution in [-0.2, 0) is 11.3 Å². The van der Waals surface area contributed by atoms with Crippen LogP contribution in [0.4, 0.5) is 4.79 Å². The summed E-state index contributed by atoms with van der Waals surface area (Å²) < 4.78 is 10.8. The number of likely N-dealkylation sites (tertiary alicyclic amines) is 1. The molecule has 1 aromatic rings. The molecular weight excluding hydrogens is 294 g/mol. The molecule has 0 radical (unpaired) electrons. The first-order chi connectivity index (χ1) is 10.9. The number of piperidine rings is 1. The molecule has 1 fully saturated rings. The number of hydrogen-bond donors (Lipinski definition) is 1. The van der Waals surface area contributed by atoms with Gasteiger partial charge in [-0.2, -0.15) is 5.26 Å². The highest BCUT2D eigenvalue weighted by Crippen LogP contribution is 2.19. The third-order valence-corrected chi connectivity index (χ3v) is 3.67. The lowest BCUT2D eigenvalue weighted by Crippen LogP contribution is -2.44. The van der Waals surface area contributed by atoms with Gasteiger partial charge in [-0.05, 0) is 51.7 Å². The lowest BCUT2D eigenvalue weighted by molar-refractivity contribution is 0.0166. The first kappa shape index (κ1) is 17.4. The zero-order valence-electron chi connectivity index (χ0n) is 14.1. The number of carbonyl (C=O) groups excluding carboxylic acids is 1. The molecule has 0 saturated carbocycles. The quantitative estimate of drug-likeness (QED) is 0.923. The van der Waals surface area contributed by atoms with Gasteiger partial charge in [-0.15, -0.1) is 0 Å². The number of amides is 1. The van der Waals surface area contributed by atoms with Crippen LogP contribution in [0.2, 0.25) is 0 Å². The van der Waals surface area contributed by atoms with Crippen molar-refractivity contribution in [3.05, 3.63) is 23.7 Å². The van der Waals surface area contributed by atoms with Crippen molar-refractivity contribution in [3.8, 4) is 6.07 Å². The van der Waals surface area contributed by atoms with Crippen molar-refractivity contribution in [2.24, 2.45) is 5.92 Å². The van der Waals surface area contributed by atoms with Crippen molar-refractivity contribution in [2.75, 3.05) is 19.6 Å². The van der Waals surface area contributed by atoms with Crippen LogP contribution in [0.25, 0.3) is 0 Å². The van der Waals surface area contributed by atoms with Crippen LogP contribution in [-0.4, -0.2) is 36.2 Å². The predicted molar refractivity (Wildman–Crippen MR) is 85.7 cm³/mol. The SMILES string of the molecule is CC(C)(C)OC(=O)N1CCCC(CNCc2ccc(C#N)o2)C1. The first-order valence-corrected chi connectivity index (χ1v) is 8.05. The van der Waals surface area contributed by atoms with Crippen molar-refractivity contribution < 1.29 is 13.9 Å². The van der Waals surface area contributed by atoms with E-state index in [0.717, 1.165) is 31.7 Å². The maximum absolute atomic E-state index is 12.1. The summed E-state index contributed by atoms with van der Waals surface area (Å²) in [5, 5.41) is 12.1. The van der Waals surface area contributed by atoms with Crippen molar-refractivity contribution in [1.82, 2.24) is 10.2 Å². The van der Waals surface area contributed by atoms with Crippen LogP contribution < -0.4 is 5.32 Å². The van der Waals surface area contributed by atoms with Gasteiger partial charge in [0.05, 0.1) is 6.54 Å². The molecule has 1 aliphatic rings. The van der Waals surface area contributed by atoms with E-state index < -0.39 is 5.60 Å². The molecule has 1 atom stereocenters. The average Bonchev–Trinajstić information content (AvgIpc) is 2.94. The van der Waals surface area contributed by atoms with Crippen LogP contribution >= 0.6 is 0 Å². The minimum absolute atomic E-state index is 0.230. The van der Waals surface area contributed by atoms with Gasteiger partial charge in [0, 0.05) is 19.6 Å². The Labute approximate surface area is 137 Å². The Bertz CT molecular complexity index is 568. The van der Waals surface area contributed by atoms with Crippen LogP contribution in [0.15, 0.2) is 16.5 Å². The average molecular weight is 319 g/mol. The van der Waals surface area contributed by atoms with Gasteiger partial charge in [0.2, 0.25) is 5.76 Å². The monoisotopic (exact) mass is 319 g/mol. The van der Waals surface area contributed by atoms with Gasteiger partial charge in [-0.3, -0.25) is 0 Å². The summed E-state index contributed by atoms with van der Waals surface area (Å²) in [6.45, 7) is 8.51. The molecule has 1 amide bonds. The third kappa shape index (κ3) is 5.61. The molecule has 6 nitrogen and oxygen atoms in total. The molecule has 1 N–H and O–H groups in total. The van der Waals surface area contributed by atoms with E-state index >= 15 is 0 Å². The molecule has 1 unspecified atom stereocenters. The van der Waals surface area contributed by atoms with Crippen molar-refractivity contribution in [3.63, 3.8) is 0 Å². The van der Waals surface area contributed by atoms with E-state index in [0.29, 0.717) is 24.8 Å². The van der Waals surface area contributed by atoms with E-state index in [2.05, 4.69) is 5.32 Å². The van der Waals surface area contributed by atoms with E-state index in [4.69, 9.17) is 14.4 Å². The number of ether oxygens (including phenoxy) is 1. The number of carbonyl (C=O) groups is 1. The van der Waals surface area contributed by atoms with Crippen LogP contribution in [0.5, 0.6) is 0 Å². The summed E-state index contributed by atoms with van der Waals surface area (Å²) >= 11 is 0. The highest BCUT2D eigenvalue weighted by atomic mass is 16.6. The molecular formula is C17H25N3O3. The van der Waals surface area contributed by atoms with Crippen molar-refractivity contribution in [2.45, 2.75) is 45.8 Å². The molecule has 23 heavy (non-hydrogen) atoms. The van der Waals surface area contributed by atoms with Crippen LogP contribution in [0.3, 0.4) is 0 Å². The predicted octanol–water partition coefficient (Wildman–Crippen LogP) is 2.89. The maximum atomic E-state index is 12.1. The molecule has 1 saturated heterocycles. The smallest absolute Gasteiger partial charge is 0.410 e. The molecule has 2 heterocycles. The number of nitriles is 1. The highest BCUT2D eigenvalue weighted by Gasteiger charge is 2.27. The fourth-order valence-electron chi connectivity index (χ4n) is 2.66. The maximum Gasteiger partial charge on any atom is 0.410 e. The summed E-state index contributed by atoms with van der Waals surface area (Å²) in [6.07, 6.45) is 1.85. The summed E-state index contributed by atoms with van der Waals surface area (Å²) in [5.74, 6) is 1.48. The van der Waals surface area contributed by atoms with E-state index in [9.17, 15) is 4.79 Å². The van der Waals surface area contributed by atoms with Gasteiger partial charge in [0.1, 0.15) is 17.4 Å². The number of hydrogen-bond acceptors (Lipinski definition) is 5. The van der Waals surface area contributed by atoms with Crippen LogP contribution in [0, 0.1) is 17.2 Å². The van der Waals surface area contributed by atoms with E-state index in [1.165, 1.54) is 0 Å². The van der Waals surface area contributed by atoms with Crippen molar-refractivity contribution >= 4 is 6.09 Å². The molecule has 0 spiro atoms. The second-order valence-electron chi connectivity index (χ2n) is 6.94. The van der Waals surface area contributed by atoms with Gasteiger partial charge in [0.15, 0.2) is 0 Å². The second kappa shape index (κ2) is 7.51. The van der Waals surface area contributed by atoms with E-state index in [1.54, 1.807) is 17.0 Å². The zero-order chi connectivity index (χ0) is 16.9. The second-order valence-corrected chi connectivity index (χ2v) is 6.94. The summed E-state index contributed by atoms with van der Waals surface area (Å²) in [6, 6.07) is 5.44. The molecule has 1 aliphatic heterocycles. The number of nitrogens with one attached hydrogen (secondary N) is 1. The molecule has 126 valence electrons. The molecule has 0 bridgehead atoms. The Morgan fingerprint density at radius 3 is 2.96 bits per heavy atom. The molecule has 1 aromatic heterocycles. The van der Waals surface area contributed by atoms with Crippen LogP contribution in [0.1, 0.15) is 45.1 Å². The first-order valence-electron chi connectivity index (χ1n) is 8.05. The molecule has 0 aromatic carbocycles. The van der Waals surface area contributed by atoms with Crippen molar-refractivity contribution in [1.29, 1.82) is 5.26 Å². The fraction of sp³-hybridized carbons (Fsp3) is 0.647. The molecule has 0 aliphatic carbocycles. The highest BCUT2D eigenvalue weighted by molar-refractivity contribution is 5.68. The topological polar surface area (TPSA) is 78.5 Å². The lowest BCUT2D eigenvalue weighted by Gasteiger charge is -2.34. The van der Waals surface area contributed by atoms with E-state index in [-0.39, 0.29) is 6.09 Å². The van der Waals surface area contributed by atoms with E-state index in [1.807, 2.05) is 26.8 Å². The number of furan rings is 1. The third-order valence-electron chi connectivity index (χ3n) is 3.67. The number of rotatable bonds is 4. The summed E-state index contributed by atoms with van der Waals surface area (Å²) in [5.41, 5.74) is -0.458. The van der Waals surface area contributed by atoms with Gasteiger partial charge in [-0.1, -0.05) is 0 Å². The fourth-order valence-corrected chi connectivity index (χ4v) is 2.66. The Morgan fingerprint density at radius 2 is 2.30 bits per heavy atom. The van der Waals surface area contributed by atoms with Gasteiger partial charge < -0.3 is 19.4 Å². The summed E-state index contributed by atoms with van der Waals surface area (Å²) in [4.78, 5) is 13.9. The molecule has 2 rings (SSSR count). The Balaban J connectivity index is 1.75. The molecule has 6 heteroatoms. The number of nitrogens with zero attached hydrogens (tertiary/aromatic N) is 2. The Hall–Kier alpha value is -2.00. The Kier molecular flexibility index (Phi) is 5.67. The summed E-state index contributed by atoms with van der Waals surface area (Å²) in [7, 11) is 0. The standard InChI is InChI=1S/C17H25N3O3/c1-17(2,3)23-16(21)20-8-4-5-13(12-20)10-19-11-15-7-6-14(9-18)22-15/h6-7,13,19H,4-5,8,10-12H2,1-3H3. The minimum Gasteiger partial charge on any atom is -0.449 e. The normalized spacial score (nSPS) is 18.5. The lowest BCUT2D eigenvalue weighted by atomic mass is 9.98. The zero-order valence-corrected chi connectivity index (χ0v) is 14.1. The van der Waals surface area contributed by atoms with Gasteiger partial charge >= 0.3 is 6.09 Å². The van der Waals surface area contributed by atoms with Gasteiger partial charge in [0.25, 0.3) is 0 Å². The minimum atomic E-state index is -0.458. The van der Waals surface area contributed by atoms with Gasteiger partial charge in [-0.25, -0.2) is 4.79 Å². The Morgan fingerprint density at radius 1 is 1.52 bits per heavy atom.